The number of methoxy groups -OCH3 is 1. The minimum atomic E-state index is -0.210. The topological polar surface area (TPSA) is 62.4 Å². The highest BCUT2D eigenvalue weighted by molar-refractivity contribution is 5.75. The second-order valence-electron chi connectivity index (χ2n) is 4.89. The average molecular weight is 215 g/mol. The van der Waals surface area contributed by atoms with Crippen LogP contribution in [0.1, 0.15) is 20.8 Å². The number of ether oxygens (including phenoxy) is 1. The van der Waals surface area contributed by atoms with Gasteiger partial charge in [-0.3, -0.25) is 0 Å². The maximum Gasteiger partial charge on any atom is 0.315 e. The number of nitrogens with one attached hydrogen (secondary N) is 3. The van der Waals surface area contributed by atoms with Crippen LogP contribution in [0.4, 0.5) is 4.79 Å². The summed E-state index contributed by atoms with van der Waals surface area (Å²) in [6.07, 6.45) is 0.0655. The van der Waals surface area contributed by atoms with E-state index >= 15 is 0 Å². The van der Waals surface area contributed by atoms with E-state index in [-0.39, 0.29) is 23.7 Å². The quantitative estimate of drug-likeness (QED) is 0.611. The van der Waals surface area contributed by atoms with Gasteiger partial charge in [0, 0.05) is 25.7 Å². The number of rotatable bonds is 2. The molecular formula is C10H21N3O2. The lowest BCUT2D eigenvalue weighted by Crippen LogP contribution is -2.52. The van der Waals surface area contributed by atoms with Gasteiger partial charge in [0.2, 0.25) is 0 Å². The number of amides is 2. The van der Waals surface area contributed by atoms with Crippen LogP contribution in [0.15, 0.2) is 0 Å². The molecule has 5 heteroatoms. The zero-order valence-corrected chi connectivity index (χ0v) is 9.89. The van der Waals surface area contributed by atoms with Gasteiger partial charge in [-0.15, -0.1) is 0 Å². The molecule has 0 aromatic rings. The third kappa shape index (κ3) is 4.05. The normalized spacial score (nSPS) is 26.4. The Labute approximate surface area is 90.9 Å². The molecule has 1 fully saturated rings. The van der Waals surface area contributed by atoms with Crippen molar-refractivity contribution in [3.05, 3.63) is 0 Å². The number of carbonyl (C=O) groups excluding carboxylic acids is 1. The molecule has 0 aromatic carbocycles. The SMILES string of the molecule is CO[C@H]1CNCC1NC(=O)NC(C)(C)C. The fraction of sp³-hybridized carbons (Fsp3) is 0.900. The van der Waals surface area contributed by atoms with E-state index < -0.39 is 0 Å². The van der Waals surface area contributed by atoms with Gasteiger partial charge in [0.25, 0.3) is 0 Å². The number of carbonyl (C=O) groups is 1. The summed E-state index contributed by atoms with van der Waals surface area (Å²) in [5, 5.41) is 8.93. The van der Waals surface area contributed by atoms with Crippen LogP contribution in [-0.2, 0) is 4.74 Å². The molecule has 2 amide bonds. The molecule has 1 aliphatic rings. The van der Waals surface area contributed by atoms with Crippen molar-refractivity contribution in [2.24, 2.45) is 0 Å². The molecule has 15 heavy (non-hydrogen) atoms. The highest BCUT2D eigenvalue weighted by Crippen LogP contribution is 2.04. The molecule has 88 valence electrons. The van der Waals surface area contributed by atoms with Crippen molar-refractivity contribution >= 4 is 6.03 Å². The van der Waals surface area contributed by atoms with Crippen molar-refractivity contribution in [3.8, 4) is 0 Å². The van der Waals surface area contributed by atoms with E-state index in [1.807, 2.05) is 20.8 Å². The first-order chi connectivity index (χ1) is 6.92. The standard InChI is InChI=1S/C10H21N3O2/c1-10(2,3)13-9(14)12-7-5-11-6-8(7)15-4/h7-8,11H,5-6H2,1-4H3,(H2,12,13,14)/t7?,8-/m0/s1. The van der Waals surface area contributed by atoms with E-state index in [9.17, 15) is 4.79 Å². The fourth-order valence-electron chi connectivity index (χ4n) is 1.59. The molecular weight excluding hydrogens is 194 g/mol. The molecule has 2 atom stereocenters. The van der Waals surface area contributed by atoms with Crippen molar-refractivity contribution in [1.29, 1.82) is 0 Å². The van der Waals surface area contributed by atoms with E-state index in [0.717, 1.165) is 13.1 Å². The van der Waals surface area contributed by atoms with Gasteiger partial charge >= 0.3 is 6.03 Å². The van der Waals surface area contributed by atoms with Gasteiger partial charge < -0.3 is 20.7 Å². The van der Waals surface area contributed by atoms with Crippen molar-refractivity contribution in [3.63, 3.8) is 0 Å². The minimum Gasteiger partial charge on any atom is -0.378 e. The van der Waals surface area contributed by atoms with Gasteiger partial charge in [-0.1, -0.05) is 0 Å². The lowest BCUT2D eigenvalue weighted by atomic mass is 10.1. The van der Waals surface area contributed by atoms with E-state index in [2.05, 4.69) is 16.0 Å². The number of hydrogen-bond acceptors (Lipinski definition) is 3. The molecule has 1 rings (SSSR count). The van der Waals surface area contributed by atoms with E-state index in [0.29, 0.717) is 0 Å². The van der Waals surface area contributed by atoms with Gasteiger partial charge in [0.15, 0.2) is 0 Å². The molecule has 1 saturated heterocycles. The first kappa shape index (κ1) is 12.3. The Morgan fingerprint density at radius 3 is 2.60 bits per heavy atom. The largest absolute Gasteiger partial charge is 0.378 e. The molecule has 0 spiro atoms. The van der Waals surface area contributed by atoms with Gasteiger partial charge in [0.05, 0.1) is 12.1 Å². The van der Waals surface area contributed by atoms with Crippen LogP contribution in [0, 0.1) is 0 Å². The summed E-state index contributed by atoms with van der Waals surface area (Å²) in [5.41, 5.74) is -0.210. The molecule has 1 unspecified atom stereocenters. The van der Waals surface area contributed by atoms with Crippen LogP contribution >= 0.6 is 0 Å². The maximum atomic E-state index is 11.6. The summed E-state index contributed by atoms with van der Waals surface area (Å²) in [6, 6.07) is -0.0874. The Balaban J connectivity index is 2.37. The predicted octanol–water partition coefficient (Wildman–Crippen LogP) is 0.0709. The molecule has 1 aliphatic heterocycles. The summed E-state index contributed by atoms with van der Waals surface area (Å²) in [5.74, 6) is 0. The Morgan fingerprint density at radius 1 is 1.40 bits per heavy atom. The average Bonchev–Trinajstić information content (AvgIpc) is 2.48. The van der Waals surface area contributed by atoms with Crippen LogP contribution in [-0.4, -0.2) is 43.9 Å². The zero-order chi connectivity index (χ0) is 11.5. The maximum absolute atomic E-state index is 11.6. The minimum absolute atomic E-state index is 0.0531. The first-order valence-corrected chi connectivity index (χ1v) is 5.24. The monoisotopic (exact) mass is 215 g/mol. The smallest absolute Gasteiger partial charge is 0.315 e. The lowest BCUT2D eigenvalue weighted by Gasteiger charge is -2.24. The highest BCUT2D eigenvalue weighted by Gasteiger charge is 2.28. The molecule has 0 saturated carbocycles. The van der Waals surface area contributed by atoms with Crippen LogP contribution < -0.4 is 16.0 Å². The molecule has 0 radical (unpaired) electrons. The predicted molar refractivity (Wildman–Crippen MR) is 58.9 cm³/mol. The summed E-state index contributed by atoms with van der Waals surface area (Å²) >= 11 is 0. The molecule has 0 aromatic heterocycles. The second-order valence-corrected chi connectivity index (χ2v) is 4.89. The van der Waals surface area contributed by atoms with Crippen molar-refractivity contribution < 1.29 is 9.53 Å². The van der Waals surface area contributed by atoms with Gasteiger partial charge in [-0.25, -0.2) is 4.79 Å². The Morgan fingerprint density at radius 2 is 2.07 bits per heavy atom. The van der Waals surface area contributed by atoms with E-state index in [1.54, 1.807) is 7.11 Å². The first-order valence-electron chi connectivity index (χ1n) is 5.24. The molecule has 1 heterocycles. The molecule has 3 N–H and O–H groups in total. The Bertz CT molecular complexity index is 225. The molecule has 0 aliphatic carbocycles. The van der Waals surface area contributed by atoms with Gasteiger partial charge in [-0.05, 0) is 20.8 Å². The Kier molecular flexibility index (Phi) is 3.93. The molecule has 0 bridgehead atoms. The number of hydrogen-bond donors (Lipinski definition) is 3. The summed E-state index contributed by atoms with van der Waals surface area (Å²) in [7, 11) is 1.66. The second kappa shape index (κ2) is 4.81. The fourth-order valence-corrected chi connectivity index (χ4v) is 1.59. The third-order valence-electron chi connectivity index (χ3n) is 2.27. The third-order valence-corrected chi connectivity index (χ3v) is 2.27. The van der Waals surface area contributed by atoms with Crippen molar-refractivity contribution in [1.82, 2.24) is 16.0 Å². The highest BCUT2D eigenvalue weighted by atomic mass is 16.5. The zero-order valence-electron chi connectivity index (χ0n) is 9.89. The van der Waals surface area contributed by atoms with E-state index in [1.165, 1.54) is 0 Å². The van der Waals surface area contributed by atoms with Crippen LogP contribution in [0.2, 0.25) is 0 Å². The van der Waals surface area contributed by atoms with Crippen molar-refractivity contribution in [2.45, 2.75) is 38.5 Å². The lowest BCUT2D eigenvalue weighted by molar-refractivity contribution is 0.0979. The van der Waals surface area contributed by atoms with Crippen molar-refractivity contribution in [2.75, 3.05) is 20.2 Å². The summed E-state index contributed by atoms with van der Waals surface area (Å²) in [6.45, 7) is 7.40. The Hall–Kier alpha value is -0.810. The van der Waals surface area contributed by atoms with Crippen LogP contribution in [0.5, 0.6) is 0 Å². The summed E-state index contributed by atoms with van der Waals surface area (Å²) < 4.78 is 5.25. The van der Waals surface area contributed by atoms with Crippen LogP contribution in [0.3, 0.4) is 0 Å². The molecule has 5 nitrogen and oxygen atoms in total. The van der Waals surface area contributed by atoms with Gasteiger partial charge in [0.1, 0.15) is 0 Å². The summed E-state index contributed by atoms with van der Waals surface area (Å²) in [4.78, 5) is 11.6. The number of urea groups is 1. The van der Waals surface area contributed by atoms with Gasteiger partial charge in [-0.2, -0.15) is 0 Å². The van der Waals surface area contributed by atoms with Crippen LogP contribution in [0.25, 0.3) is 0 Å². The van der Waals surface area contributed by atoms with E-state index in [4.69, 9.17) is 4.74 Å².